The normalized spacial score (nSPS) is 15.1. The molecule has 0 aliphatic heterocycles. The lowest BCUT2D eigenvalue weighted by Gasteiger charge is -2.31. The quantitative estimate of drug-likeness (QED) is 0.0738. The van der Waals surface area contributed by atoms with E-state index in [1.807, 2.05) is 54.6 Å². The summed E-state index contributed by atoms with van der Waals surface area (Å²) in [4.78, 5) is 50.3. The smallest absolute Gasteiger partial charge is 0.328 e. The molecule has 10 nitrogen and oxygen atoms in total. The zero-order valence-corrected chi connectivity index (χ0v) is 33.4. The minimum absolute atomic E-state index is 0.0968. The molecule has 4 N–H and O–H groups in total. The number of carboxylic acid groups (broad SMARTS) is 1. The lowest BCUT2D eigenvalue weighted by atomic mass is 9.82. The number of nitrogens with one attached hydrogen (secondary N) is 2. The van der Waals surface area contributed by atoms with Crippen molar-refractivity contribution in [3.05, 3.63) is 88.4 Å². The van der Waals surface area contributed by atoms with Crippen LogP contribution in [0.15, 0.2) is 73.1 Å². The van der Waals surface area contributed by atoms with E-state index in [1.165, 1.54) is 37.0 Å². The Morgan fingerprint density at radius 1 is 0.836 bits per heavy atom. The molecule has 2 amide bonds. The number of rotatable bonds is 18. The zero-order valence-electron chi connectivity index (χ0n) is 32.6. The van der Waals surface area contributed by atoms with E-state index < -0.39 is 36.0 Å². The maximum atomic E-state index is 13.8. The first-order valence-corrected chi connectivity index (χ1v) is 20.5. The molecule has 3 atom stereocenters. The minimum Gasteiger partial charge on any atom is -0.494 e. The zero-order chi connectivity index (χ0) is 39.4. The first-order valence-electron chi connectivity index (χ1n) is 19.7. The summed E-state index contributed by atoms with van der Waals surface area (Å²) >= 11 is 1.36. The van der Waals surface area contributed by atoms with Crippen LogP contribution in [0.5, 0.6) is 5.75 Å². The van der Waals surface area contributed by atoms with Gasteiger partial charge in [0.1, 0.15) is 11.8 Å². The molecule has 11 heteroatoms. The minimum atomic E-state index is -1.50. The first kappa shape index (κ1) is 41.6. The Hall–Kier alpha value is -4.61. The van der Waals surface area contributed by atoms with Crippen molar-refractivity contribution < 1.29 is 29.3 Å². The average molecular weight is 769 g/mol. The van der Waals surface area contributed by atoms with Crippen LogP contribution < -0.4 is 15.4 Å². The maximum absolute atomic E-state index is 13.8. The summed E-state index contributed by atoms with van der Waals surface area (Å²) in [7, 11) is 0. The van der Waals surface area contributed by atoms with Crippen LogP contribution in [0, 0.1) is 5.92 Å². The highest BCUT2D eigenvalue weighted by Gasteiger charge is 2.36. The summed E-state index contributed by atoms with van der Waals surface area (Å²) in [6.07, 6.45) is 12.7. The highest BCUT2D eigenvalue weighted by atomic mass is 32.1. The van der Waals surface area contributed by atoms with E-state index in [-0.39, 0.29) is 17.8 Å². The van der Waals surface area contributed by atoms with Crippen LogP contribution in [0.3, 0.4) is 0 Å². The number of aliphatic carboxylic acids is 1. The lowest BCUT2D eigenvalue weighted by molar-refractivity contribution is -0.147. The van der Waals surface area contributed by atoms with E-state index in [0.29, 0.717) is 30.2 Å². The number of aromatic nitrogens is 2. The molecule has 0 bridgehead atoms. The summed E-state index contributed by atoms with van der Waals surface area (Å²) in [5, 5.41) is 26.5. The summed E-state index contributed by atoms with van der Waals surface area (Å²) in [6, 6.07) is 16.4. The van der Waals surface area contributed by atoms with Gasteiger partial charge in [0, 0.05) is 34.8 Å². The van der Waals surface area contributed by atoms with Gasteiger partial charge >= 0.3 is 5.97 Å². The van der Waals surface area contributed by atoms with E-state index >= 15 is 0 Å². The highest BCUT2D eigenvalue weighted by molar-refractivity contribution is 7.14. The Labute approximate surface area is 329 Å². The Morgan fingerprint density at radius 3 is 2.11 bits per heavy atom. The van der Waals surface area contributed by atoms with E-state index in [4.69, 9.17) is 4.74 Å². The lowest BCUT2D eigenvalue weighted by Crippen LogP contribution is -2.57. The Balaban J connectivity index is 1.26. The number of hydrogen-bond donors (Lipinski definition) is 4. The van der Waals surface area contributed by atoms with Gasteiger partial charge in [-0.15, -0.1) is 11.3 Å². The Bertz CT molecular complexity index is 1830. The molecule has 4 aromatic rings. The summed E-state index contributed by atoms with van der Waals surface area (Å²) in [5.41, 5.74) is 3.23. The number of carbonyl (C=O) groups is 3. The average Bonchev–Trinajstić information content (AvgIpc) is 3.71. The number of ether oxygens (including phenoxy) is 1. The van der Waals surface area contributed by atoms with Gasteiger partial charge in [-0.25, -0.2) is 14.8 Å². The van der Waals surface area contributed by atoms with Crippen LogP contribution in [0.4, 0.5) is 0 Å². The molecule has 5 rings (SSSR count). The number of aliphatic hydroxyl groups is 1. The van der Waals surface area contributed by atoms with Gasteiger partial charge in [0.25, 0.3) is 5.91 Å². The highest BCUT2D eigenvalue weighted by Crippen LogP contribution is 2.30. The molecule has 0 spiro atoms. The van der Waals surface area contributed by atoms with Crippen LogP contribution in [-0.4, -0.2) is 62.8 Å². The Kier molecular flexibility index (Phi) is 15.0. The molecule has 2 unspecified atom stereocenters. The topological polar surface area (TPSA) is 151 Å². The molecular formula is C44H56N4O6S. The summed E-state index contributed by atoms with van der Waals surface area (Å²) < 4.78 is 5.90. The van der Waals surface area contributed by atoms with Crippen LogP contribution >= 0.6 is 11.3 Å². The number of carboxylic acids is 1. The number of thiophene rings is 1. The SMILES string of the molecule is CCCCCCCOc1ccc(-c2cnc(-c3ccc(C[C@H](NC(=O)c4ccc(C(C)(C)C)s4)C(=O)NC(C(=O)O)C(O)C4CCCCC4)cc3)nc2)cc1. The predicted molar refractivity (Wildman–Crippen MR) is 217 cm³/mol. The summed E-state index contributed by atoms with van der Waals surface area (Å²) in [5.74, 6) is -1.25. The number of amides is 2. The van der Waals surface area contributed by atoms with Gasteiger partial charge < -0.3 is 25.6 Å². The van der Waals surface area contributed by atoms with Gasteiger partial charge in [-0.3, -0.25) is 9.59 Å². The van der Waals surface area contributed by atoms with Crippen LogP contribution in [0.2, 0.25) is 0 Å². The van der Waals surface area contributed by atoms with Crippen molar-refractivity contribution in [1.82, 2.24) is 20.6 Å². The van der Waals surface area contributed by atoms with Crippen LogP contribution in [0.25, 0.3) is 22.5 Å². The molecule has 2 heterocycles. The van der Waals surface area contributed by atoms with Crippen molar-refractivity contribution in [2.24, 2.45) is 5.92 Å². The second-order valence-corrected chi connectivity index (χ2v) is 16.7. The van der Waals surface area contributed by atoms with Crippen molar-refractivity contribution in [3.63, 3.8) is 0 Å². The second kappa shape index (κ2) is 19.8. The summed E-state index contributed by atoms with van der Waals surface area (Å²) in [6.45, 7) is 9.12. The van der Waals surface area contributed by atoms with E-state index in [1.54, 1.807) is 18.5 Å². The van der Waals surface area contributed by atoms with E-state index in [9.17, 15) is 24.6 Å². The third kappa shape index (κ3) is 11.9. The monoisotopic (exact) mass is 768 g/mol. The number of nitrogens with zero attached hydrogens (tertiary/aromatic N) is 2. The fraction of sp³-hybridized carbons (Fsp3) is 0.477. The van der Waals surface area contributed by atoms with Crippen molar-refractivity contribution in [3.8, 4) is 28.3 Å². The van der Waals surface area contributed by atoms with E-state index in [0.717, 1.165) is 58.6 Å². The second-order valence-electron chi connectivity index (χ2n) is 15.6. The number of hydrogen-bond acceptors (Lipinski definition) is 8. The molecule has 0 saturated heterocycles. The van der Waals surface area contributed by atoms with Crippen LogP contribution in [0.1, 0.15) is 112 Å². The van der Waals surface area contributed by atoms with Gasteiger partial charge in [0.15, 0.2) is 11.9 Å². The molecule has 1 saturated carbocycles. The molecule has 1 aliphatic rings. The molecule has 1 aliphatic carbocycles. The fourth-order valence-electron chi connectivity index (χ4n) is 6.89. The third-order valence-corrected chi connectivity index (χ3v) is 11.7. The van der Waals surface area contributed by atoms with Gasteiger partial charge in [0.05, 0.1) is 17.6 Å². The molecule has 294 valence electrons. The Morgan fingerprint density at radius 2 is 1.49 bits per heavy atom. The predicted octanol–water partition coefficient (Wildman–Crippen LogP) is 8.37. The standard InChI is InChI=1S/C44H56N4O6S/c1-5-6-7-8-12-25-54-34-21-19-30(20-22-34)33-27-45-40(46-28-33)32-17-15-29(16-18-32)26-35(47-42(51)36-23-24-37(55-36)44(2,3)4)41(50)48-38(43(52)53)39(49)31-13-10-9-11-14-31/h15-24,27-28,31,35,38-39,49H,5-14,25-26H2,1-4H3,(H,47,51)(H,48,50)(H,52,53)/t35-,38?,39?/m0/s1. The molecule has 2 aromatic carbocycles. The molecular weight excluding hydrogens is 713 g/mol. The van der Waals surface area contributed by atoms with Gasteiger partial charge in [0.2, 0.25) is 5.91 Å². The van der Waals surface area contributed by atoms with Gasteiger partial charge in [-0.2, -0.15) is 0 Å². The van der Waals surface area contributed by atoms with E-state index in [2.05, 4.69) is 48.3 Å². The molecule has 55 heavy (non-hydrogen) atoms. The number of aliphatic hydroxyl groups excluding tert-OH is 1. The van der Waals surface area contributed by atoms with Crippen molar-refractivity contribution in [2.45, 2.75) is 122 Å². The molecule has 2 aromatic heterocycles. The largest absolute Gasteiger partial charge is 0.494 e. The number of carbonyl (C=O) groups excluding carboxylic acids is 2. The van der Waals surface area contributed by atoms with Gasteiger partial charge in [-0.1, -0.05) is 109 Å². The third-order valence-electron chi connectivity index (χ3n) is 10.2. The first-order chi connectivity index (χ1) is 26.4. The van der Waals surface area contributed by atoms with Crippen molar-refractivity contribution in [1.29, 1.82) is 0 Å². The maximum Gasteiger partial charge on any atom is 0.328 e. The molecule has 1 fully saturated rings. The number of unbranched alkanes of at least 4 members (excludes halogenated alkanes) is 4. The fourth-order valence-corrected chi connectivity index (χ4v) is 7.85. The van der Waals surface area contributed by atoms with Gasteiger partial charge in [-0.05, 0) is 66.0 Å². The van der Waals surface area contributed by atoms with Crippen LogP contribution in [-0.2, 0) is 21.4 Å². The van der Waals surface area contributed by atoms with Crippen molar-refractivity contribution in [2.75, 3.05) is 6.61 Å². The number of benzene rings is 2. The van der Waals surface area contributed by atoms with Crippen molar-refractivity contribution >= 4 is 29.1 Å². The molecule has 0 radical (unpaired) electrons.